The molecule has 0 saturated carbocycles. The van der Waals surface area contributed by atoms with Crippen LogP contribution in [0.25, 0.3) is 0 Å². The van der Waals surface area contributed by atoms with Gasteiger partial charge < -0.3 is 10.4 Å². The van der Waals surface area contributed by atoms with Crippen molar-refractivity contribution in [2.24, 2.45) is 0 Å². The quantitative estimate of drug-likeness (QED) is 0.824. The molecule has 2 N–H and O–H groups in total. The summed E-state index contributed by atoms with van der Waals surface area (Å²) in [5.74, 6) is -1.63. The first-order valence-corrected chi connectivity index (χ1v) is 4.99. The largest absolute Gasteiger partial charge is 0.480 e. The summed E-state index contributed by atoms with van der Waals surface area (Å²) >= 11 is 8.70. The van der Waals surface area contributed by atoms with Crippen LogP contribution in [0.1, 0.15) is 10.4 Å². The number of pyridine rings is 1. The van der Waals surface area contributed by atoms with Crippen LogP contribution < -0.4 is 5.32 Å². The summed E-state index contributed by atoms with van der Waals surface area (Å²) in [5, 5.41) is 10.7. The lowest BCUT2D eigenvalue weighted by molar-refractivity contribution is -0.135. The van der Waals surface area contributed by atoms with E-state index in [4.69, 9.17) is 16.7 Å². The number of aromatic nitrogens is 1. The molecule has 5 nitrogen and oxygen atoms in total. The van der Waals surface area contributed by atoms with Crippen molar-refractivity contribution in [3.63, 3.8) is 0 Å². The van der Waals surface area contributed by atoms with Gasteiger partial charge in [-0.2, -0.15) is 0 Å². The summed E-state index contributed by atoms with van der Waals surface area (Å²) in [6.07, 6.45) is 1.37. The van der Waals surface area contributed by atoms with E-state index < -0.39 is 18.4 Å². The number of halogens is 2. The standard InChI is InChI=1S/C8H6BrClN2O3/c9-5-2-11-6(10)1-4(5)8(15)12-3-7(13)14/h1-2H,3H2,(H,12,15)(H,13,14). The fourth-order valence-corrected chi connectivity index (χ4v) is 1.39. The minimum absolute atomic E-state index is 0.165. The van der Waals surface area contributed by atoms with E-state index in [0.29, 0.717) is 4.47 Å². The van der Waals surface area contributed by atoms with Crippen molar-refractivity contribution in [3.05, 3.63) is 27.5 Å². The van der Waals surface area contributed by atoms with E-state index in [-0.39, 0.29) is 10.7 Å². The lowest BCUT2D eigenvalue weighted by Crippen LogP contribution is -2.29. The van der Waals surface area contributed by atoms with Gasteiger partial charge >= 0.3 is 5.97 Å². The Labute approximate surface area is 98.6 Å². The molecule has 1 aromatic rings. The molecule has 80 valence electrons. The molecule has 0 aliphatic carbocycles. The Hall–Kier alpha value is -1.14. The van der Waals surface area contributed by atoms with Crippen molar-refractivity contribution in [1.29, 1.82) is 0 Å². The Balaban J connectivity index is 2.81. The molecule has 0 unspecified atom stereocenters. The van der Waals surface area contributed by atoms with E-state index in [9.17, 15) is 9.59 Å². The fraction of sp³-hybridized carbons (Fsp3) is 0.125. The van der Waals surface area contributed by atoms with Crippen LogP contribution in [0.5, 0.6) is 0 Å². The SMILES string of the molecule is O=C(O)CNC(=O)c1cc(Cl)ncc1Br. The number of carboxylic acid groups (broad SMARTS) is 1. The molecule has 7 heteroatoms. The van der Waals surface area contributed by atoms with Crippen LogP contribution in [0.15, 0.2) is 16.7 Å². The molecule has 0 fully saturated rings. The van der Waals surface area contributed by atoms with Gasteiger partial charge in [0.1, 0.15) is 11.7 Å². The molecule has 0 spiro atoms. The van der Waals surface area contributed by atoms with Crippen LogP contribution in [0, 0.1) is 0 Å². The minimum atomic E-state index is -1.11. The number of rotatable bonds is 3. The van der Waals surface area contributed by atoms with E-state index >= 15 is 0 Å². The summed E-state index contributed by atoms with van der Waals surface area (Å²) in [4.78, 5) is 25.4. The van der Waals surface area contributed by atoms with E-state index in [1.807, 2.05) is 0 Å². The highest BCUT2D eigenvalue weighted by Gasteiger charge is 2.11. The first kappa shape index (κ1) is 11.9. The molecule has 0 aliphatic heterocycles. The van der Waals surface area contributed by atoms with Gasteiger partial charge in [-0.15, -0.1) is 0 Å². The Bertz CT molecular complexity index is 411. The summed E-state index contributed by atoms with van der Waals surface area (Å²) in [7, 11) is 0. The maximum absolute atomic E-state index is 11.4. The molecule has 1 aromatic heterocycles. The van der Waals surface area contributed by atoms with Gasteiger partial charge in [0, 0.05) is 10.7 Å². The van der Waals surface area contributed by atoms with E-state index in [1.165, 1.54) is 12.3 Å². The molecule has 15 heavy (non-hydrogen) atoms. The number of nitrogens with zero attached hydrogens (tertiary/aromatic N) is 1. The van der Waals surface area contributed by atoms with Crippen molar-refractivity contribution in [2.75, 3.05) is 6.54 Å². The molecule has 1 rings (SSSR count). The van der Waals surface area contributed by atoms with Crippen molar-refractivity contribution in [2.45, 2.75) is 0 Å². The number of nitrogens with one attached hydrogen (secondary N) is 1. The third-order valence-corrected chi connectivity index (χ3v) is 2.31. The van der Waals surface area contributed by atoms with E-state index in [2.05, 4.69) is 26.2 Å². The molecule has 1 amide bonds. The predicted octanol–water partition coefficient (Wildman–Crippen LogP) is 1.31. The van der Waals surface area contributed by atoms with Crippen molar-refractivity contribution >= 4 is 39.4 Å². The Morgan fingerprint density at radius 3 is 2.87 bits per heavy atom. The van der Waals surface area contributed by atoms with E-state index in [1.54, 1.807) is 0 Å². The van der Waals surface area contributed by atoms with Gasteiger partial charge in [0.15, 0.2) is 0 Å². The summed E-state index contributed by atoms with van der Waals surface area (Å²) < 4.78 is 0.454. The van der Waals surface area contributed by atoms with E-state index in [0.717, 1.165) is 0 Å². The predicted molar refractivity (Wildman–Crippen MR) is 56.9 cm³/mol. The summed E-state index contributed by atoms with van der Waals surface area (Å²) in [6, 6.07) is 1.35. The Morgan fingerprint density at radius 1 is 1.60 bits per heavy atom. The number of amides is 1. The molecule has 1 heterocycles. The normalized spacial score (nSPS) is 9.73. The highest BCUT2D eigenvalue weighted by Crippen LogP contribution is 2.18. The van der Waals surface area contributed by atoms with Crippen LogP contribution in [0.4, 0.5) is 0 Å². The molecular formula is C8H6BrClN2O3. The highest BCUT2D eigenvalue weighted by atomic mass is 79.9. The Morgan fingerprint density at radius 2 is 2.27 bits per heavy atom. The third-order valence-electron chi connectivity index (χ3n) is 1.47. The second-order valence-electron chi connectivity index (χ2n) is 2.56. The number of carbonyl (C=O) groups is 2. The molecule has 0 saturated heterocycles. The van der Waals surface area contributed by atoms with Crippen molar-refractivity contribution < 1.29 is 14.7 Å². The van der Waals surface area contributed by atoms with Crippen LogP contribution >= 0.6 is 27.5 Å². The molecule has 0 radical (unpaired) electrons. The van der Waals surface area contributed by atoms with Gasteiger partial charge in [0.05, 0.1) is 5.56 Å². The fourth-order valence-electron chi connectivity index (χ4n) is 0.838. The molecular weight excluding hydrogens is 287 g/mol. The van der Waals surface area contributed by atoms with Crippen LogP contribution in [0.2, 0.25) is 5.15 Å². The Kier molecular flexibility index (Phi) is 4.05. The number of carbonyl (C=O) groups excluding carboxylic acids is 1. The lowest BCUT2D eigenvalue weighted by atomic mass is 10.2. The number of hydrogen-bond donors (Lipinski definition) is 2. The van der Waals surface area contributed by atoms with Gasteiger partial charge in [-0.25, -0.2) is 4.98 Å². The zero-order chi connectivity index (χ0) is 11.4. The van der Waals surface area contributed by atoms with Gasteiger partial charge in [0.25, 0.3) is 5.91 Å². The lowest BCUT2D eigenvalue weighted by Gasteiger charge is -2.04. The molecule has 0 bridgehead atoms. The van der Waals surface area contributed by atoms with Crippen LogP contribution in [-0.2, 0) is 4.79 Å². The maximum atomic E-state index is 11.4. The smallest absolute Gasteiger partial charge is 0.322 e. The highest BCUT2D eigenvalue weighted by molar-refractivity contribution is 9.10. The molecule has 0 aromatic carbocycles. The number of aliphatic carboxylic acids is 1. The zero-order valence-electron chi connectivity index (χ0n) is 7.33. The number of hydrogen-bond acceptors (Lipinski definition) is 3. The van der Waals surface area contributed by atoms with Gasteiger partial charge in [-0.05, 0) is 22.0 Å². The first-order chi connectivity index (χ1) is 7.00. The van der Waals surface area contributed by atoms with Crippen LogP contribution in [0.3, 0.4) is 0 Å². The molecule has 0 aliphatic rings. The first-order valence-electron chi connectivity index (χ1n) is 3.81. The monoisotopic (exact) mass is 292 g/mol. The average molecular weight is 294 g/mol. The zero-order valence-corrected chi connectivity index (χ0v) is 9.67. The third kappa shape index (κ3) is 3.49. The summed E-state index contributed by atoms with van der Waals surface area (Å²) in [6.45, 7) is -0.439. The molecule has 0 atom stereocenters. The summed E-state index contributed by atoms with van der Waals surface area (Å²) in [5.41, 5.74) is 0.247. The van der Waals surface area contributed by atoms with Gasteiger partial charge in [-0.3, -0.25) is 9.59 Å². The number of carboxylic acids is 1. The topological polar surface area (TPSA) is 79.3 Å². The second-order valence-corrected chi connectivity index (χ2v) is 3.80. The van der Waals surface area contributed by atoms with Gasteiger partial charge in [-0.1, -0.05) is 11.6 Å². The maximum Gasteiger partial charge on any atom is 0.322 e. The van der Waals surface area contributed by atoms with Crippen LogP contribution in [-0.4, -0.2) is 28.5 Å². The van der Waals surface area contributed by atoms with Crippen molar-refractivity contribution in [3.8, 4) is 0 Å². The average Bonchev–Trinajstić information content (AvgIpc) is 2.18. The van der Waals surface area contributed by atoms with Gasteiger partial charge in [0.2, 0.25) is 0 Å². The second kappa shape index (κ2) is 5.09. The van der Waals surface area contributed by atoms with Crippen molar-refractivity contribution in [1.82, 2.24) is 10.3 Å². The minimum Gasteiger partial charge on any atom is -0.480 e.